The monoisotopic (exact) mass is 384 g/mol. The summed E-state index contributed by atoms with van der Waals surface area (Å²) in [4.78, 5) is 35.3. The maximum absolute atomic E-state index is 12.2. The maximum Gasteiger partial charge on any atom is 0.311 e. The van der Waals surface area contributed by atoms with Gasteiger partial charge in [-0.15, -0.1) is 0 Å². The van der Waals surface area contributed by atoms with Gasteiger partial charge in [-0.3, -0.25) is 14.4 Å². The minimum absolute atomic E-state index is 0.0322. The van der Waals surface area contributed by atoms with Crippen LogP contribution in [0.25, 0.3) is 0 Å². The third-order valence-electron chi connectivity index (χ3n) is 3.95. The summed E-state index contributed by atoms with van der Waals surface area (Å²) in [5.41, 5.74) is 2.20. The van der Waals surface area contributed by atoms with Gasteiger partial charge in [0.1, 0.15) is 5.75 Å². The zero-order valence-corrected chi connectivity index (χ0v) is 16.2. The van der Waals surface area contributed by atoms with E-state index >= 15 is 0 Å². The highest BCUT2D eigenvalue weighted by atomic mass is 16.5. The fourth-order valence-electron chi connectivity index (χ4n) is 2.54. The number of anilines is 1. The minimum Gasteiger partial charge on any atom is -0.496 e. The van der Waals surface area contributed by atoms with Crippen molar-refractivity contribution in [2.45, 2.75) is 32.9 Å². The van der Waals surface area contributed by atoms with Gasteiger partial charge in [0, 0.05) is 24.7 Å². The van der Waals surface area contributed by atoms with Crippen LogP contribution in [-0.4, -0.2) is 31.0 Å². The van der Waals surface area contributed by atoms with Gasteiger partial charge in [0.25, 0.3) is 5.91 Å². The number of rotatable bonds is 8. The molecule has 0 spiro atoms. The number of carbonyl (C=O) groups is 3. The molecule has 2 rings (SSSR count). The van der Waals surface area contributed by atoms with Crippen LogP contribution in [0.15, 0.2) is 48.5 Å². The second-order valence-electron chi connectivity index (χ2n) is 6.22. The Morgan fingerprint density at radius 1 is 1.04 bits per heavy atom. The lowest BCUT2D eigenvalue weighted by Crippen LogP contribution is -2.35. The zero-order valence-electron chi connectivity index (χ0n) is 16.2. The van der Waals surface area contributed by atoms with Crippen LogP contribution in [0, 0.1) is 0 Å². The van der Waals surface area contributed by atoms with Gasteiger partial charge in [-0.05, 0) is 30.7 Å². The van der Waals surface area contributed by atoms with Crippen LogP contribution in [0.5, 0.6) is 5.75 Å². The molecule has 1 atom stereocenters. The molecule has 0 aromatic heterocycles. The Balaban J connectivity index is 1.82. The highest BCUT2D eigenvalue weighted by Gasteiger charge is 2.18. The van der Waals surface area contributed by atoms with Crippen LogP contribution in [0.2, 0.25) is 0 Å². The Hall–Kier alpha value is -3.35. The highest BCUT2D eigenvalue weighted by molar-refractivity contribution is 5.88. The Bertz CT molecular complexity index is 833. The van der Waals surface area contributed by atoms with Crippen molar-refractivity contribution >= 4 is 23.5 Å². The van der Waals surface area contributed by atoms with E-state index in [9.17, 15) is 14.4 Å². The summed E-state index contributed by atoms with van der Waals surface area (Å²) in [7, 11) is 1.56. The summed E-state index contributed by atoms with van der Waals surface area (Å²) in [5, 5.41) is 5.38. The molecule has 0 unspecified atom stereocenters. The van der Waals surface area contributed by atoms with E-state index in [0.717, 1.165) is 11.1 Å². The molecule has 0 radical (unpaired) electrons. The normalized spacial score (nSPS) is 11.2. The molecule has 0 aliphatic carbocycles. The van der Waals surface area contributed by atoms with Crippen molar-refractivity contribution in [1.29, 1.82) is 0 Å². The number of esters is 1. The Morgan fingerprint density at radius 3 is 2.36 bits per heavy atom. The summed E-state index contributed by atoms with van der Waals surface area (Å²) in [6.45, 7) is 3.22. The fourth-order valence-corrected chi connectivity index (χ4v) is 2.54. The van der Waals surface area contributed by atoms with Crippen molar-refractivity contribution in [2.75, 3.05) is 12.4 Å². The second kappa shape index (κ2) is 10.1. The number of para-hydroxylation sites is 1. The molecule has 0 aliphatic rings. The van der Waals surface area contributed by atoms with E-state index in [4.69, 9.17) is 9.47 Å². The molecule has 0 aliphatic heterocycles. The third kappa shape index (κ3) is 6.42. The summed E-state index contributed by atoms with van der Waals surface area (Å²) in [6, 6.07) is 14.2. The SMILES string of the molecule is COc1ccccc1CNC(=O)[C@H](C)OC(=O)Cc1ccc(NC(C)=O)cc1. The summed E-state index contributed by atoms with van der Waals surface area (Å²) in [6.07, 6.45) is -0.884. The van der Waals surface area contributed by atoms with Gasteiger partial charge in [-0.2, -0.15) is 0 Å². The number of methoxy groups -OCH3 is 1. The van der Waals surface area contributed by atoms with Gasteiger partial charge in [0.05, 0.1) is 13.5 Å². The minimum atomic E-state index is -0.916. The Kier molecular flexibility index (Phi) is 7.56. The van der Waals surface area contributed by atoms with E-state index in [1.165, 1.54) is 13.8 Å². The van der Waals surface area contributed by atoms with Gasteiger partial charge in [-0.1, -0.05) is 30.3 Å². The smallest absolute Gasteiger partial charge is 0.311 e. The van der Waals surface area contributed by atoms with Crippen molar-refractivity contribution in [3.63, 3.8) is 0 Å². The second-order valence-corrected chi connectivity index (χ2v) is 6.22. The lowest BCUT2D eigenvalue weighted by atomic mass is 10.1. The number of benzene rings is 2. The summed E-state index contributed by atoms with van der Waals surface area (Å²) in [5.74, 6) is -0.386. The van der Waals surface area contributed by atoms with E-state index in [2.05, 4.69) is 10.6 Å². The average molecular weight is 384 g/mol. The molecule has 0 heterocycles. The first-order valence-electron chi connectivity index (χ1n) is 8.84. The number of hydrogen-bond acceptors (Lipinski definition) is 5. The fraction of sp³-hybridized carbons (Fsp3) is 0.286. The third-order valence-corrected chi connectivity index (χ3v) is 3.95. The Morgan fingerprint density at radius 2 is 1.71 bits per heavy atom. The lowest BCUT2D eigenvalue weighted by Gasteiger charge is -2.15. The molecule has 148 valence electrons. The van der Waals surface area contributed by atoms with E-state index in [1.54, 1.807) is 31.4 Å². The molecule has 28 heavy (non-hydrogen) atoms. The molecular formula is C21H24N2O5. The van der Waals surface area contributed by atoms with E-state index in [-0.39, 0.29) is 24.8 Å². The highest BCUT2D eigenvalue weighted by Crippen LogP contribution is 2.16. The first-order chi connectivity index (χ1) is 13.4. The van der Waals surface area contributed by atoms with E-state index < -0.39 is 12.1 Å². The molecule has 0 fully saturated rings. The van der Waals surface area contributed by atoms with Crippen molar-refractivity contribution in [2.24, 2.45) is 0 Å². The first kappa shape index (κ1) is 21.0. The van der Waals surface area contributed by atoms with Gasteiger partial charge >= 0.3 is 5.97 Å². The van der Waals surface area contributed by atoms with Crippen LogP contribution in [0.4, 0.5) is 5.69 Å². The first-order valence-corrected chi connectivity index (χ1v) is 8.84. The van der Waals surface area contributed by atoms with Crippen LogP contribution >= 0.6 is 0 Å². The van der Waals surface area contributed by atoms with Gasteiger partial charge in [0.2, 0.25) is 5.91 Å². The maximum atomic E-state index is 12.2. The average Bonchev–Trinajstić information content (AvgIpc) is 2.67. The molecular weight excluding hydrogens is 360 g/mol. The molecule has 2 aromatic carbocycles. The molecule has 7 heteroatoms. The molecule has 0 saturated heterocycles. The molecule has 7 nitrogen and oxygen atoms in total. The summed E-state index contributed by atoms with van der Waals surface area (Å²) < 4.78 is 10.4. The zero-order chi connectivity index (χ0) is 20.5. The number of nitrogens with one attached hydrogen (secondary N) is 2. The lowest BCUT2D eigenvalue weighted by molar-refractivity contribution is -0.154. The van der Waals surface area contributed by atoms with Crippen molar-refractivity contribution in [3.8, 4) is 5.75 Å². The number of hydrogen-bond donors (Lipinski definition) is 2. The predicted molar refractivity (Wildman–Crippen MR) is 105 cm³/mol. The number of carbonyl (C=O) groups excluding carboxylic acids is 3. The predicted octanol–water partition coefficient (Wildman–Crippen LogP) is 2.44. The standard InChI is InChI=1S/C21H24N2O5/c1-14(21(26)22-13-17-6-4-5-7-19(17)27-3)28-20(25)12-16-8-10-18(11-9-16)23-15(2)24/h4-11,14H,12-13H2,1-3H3,(H,22,26)(H,23,24)/t14-/m0/s1. The van der Waals surface area contributed by atoms with Crippen molar-refractivity contribution in [3.05, 3.63) is 59.7 Å². The van der Waals surface area contributed by atoms with Gasteiger partial charge in [0.15, 0.2) is 6.10 Å². The van der Waals surface area contributed by atoms with Gasteiger partial charge < -0.3 is 20.1 Å². The quantitative estimate of drug-likeness (QED) is 0.682. The van der Waals surface area contributed by atoms with Crippen LogP contribution in [-0.2, 0) is 32.1 Å². The number of amides is 2. The van der Waals surface area contributed by atoms with E-state index in [0.29, 0.717) is 11.4 Å². The van der Waals surface area contributed by atoms with Crippen molar-refractivity contribution < 1.29 is 23.9 Å². The number of ether oxygens (including phenoxy) is 2. The van der Waals surface area contributed by atoms with Gasteiger partial charge in [-0.25, -0.2) is 0 Å². The molecule has 0 saturated carbocycles. The topological polar surface area (TPSA) is 93.7 Å². The summed E-state index contributed by atoms with van der Waals surface area (Å²) >= 11 is 0. The van der Waals surface area contributed by atoms with Crippen molar-refractivity contribution in [1.82, 2.24) is 5.32 Å². The molecule has 0 bridgehead atoms. The molecule has 2 aromatic rings. The van der Waals surface area contributed by atoms with Crippen LogP contribution < -0.4 is 15.4 Å². The van der Waals surface area contributed by atoms with Crippen LogP contribution in [0.3, 0.4) is 0 Å². The van der Waals surface area contributed by atoms with Crippen LogP contribution in [0.1, 0.15) is 25.0 Å². The van der Waals surface area contributed by atoms with E-state index in [1.807, 2.05) is 24.3 Å². The molecule has 2 amide bonds. The largest absolute Gasteiger partial charge is 0.496 e. The Labute approximate surface area is 164 Å². The molecule has 2 N–H and O–H groups in total.